The van der Waals surface area contributed by atoms with Gasteiger partial charge in [0.2, 0.25) is 0 Å². The second-order valence-electron chi connectivity index (χ2n) is 3.09. The molecule has 0 aliphatic carbocycles. The maximum atomic E-state index is 12.8. The molecule has 2 heteroatoms. The van der Waals surface area contributed by atoms with Gasteiger partial charge in [-0.25, -0.2) is 4.39 Å². The van der Waals surface area contributed by atoms with Gasteiger partial charge in [0.15, 0.2) is 0 Å². The van der Waals surface area contributed by atoms with Gasteiger partial charge >= 0.3 is 0 Å². The molecule has 1 aliphatic heterocycles. The molecule has 1 heterocycles. The average molecular weight is 164 g/mol. The van der Waals surface area contributed by atoms with Gasteiger partial charge in [-0.1, -0.05) is 12.1 Å². The minimum absolute atomic E-state index is 0.546. The van der Waals surface area contributed by atoms with E-state index in [2.05, 4.69) is 11.0 Å². The van der Waals surface area contributed by atoms with E-state index in [-0.39, 0.29) is 0 Å². The first-order chi connectivity index (χ1) is 5.86. The summed E-state index contributed by atoms with van der Waals surface area (Å²) in [5, 5.41) is 0. The van der Waals surface area contributed by atoms with E-state index in [1.807, 2.05) is 24.3 Å². The van der Waals surface area contributed by atoms with Crippen molar-refractivity contribution in [2.24, 2.45) is 0 Å². The largest absolute Gasteiger partial charge is 0.369 e. The normalized spacial score (nSPS) is 23.1. The van der Waals surface area contributed by atoms with E-state index in [0.29, 0.717) is 13.0 Å². The second kappa shape index (κ2) is 3.13. The molecule has 1 aromatic carbocycles. The van der Waals surface area contributed by atoms with Crippen LogP contribution in [0.3, 0.4) is 0 Å². The fourth-order valence-corrected chi connectivity index (χ4v) is 1.54. The summed E-state index contributed by atoms with van der Waals surface area (Å²) in [6.07, 6.45) is 0.0210. The number of hydrogen-bond acceptors (Lipinski definition) is 1. The van der Waals surface area contributed by atoms with Crippen LogP contribution in [0.2, 0.25) is 0 Å². The lowest BCUT2D eigenvalue weighted by molar-refractivity contribution is 0.364. The minimum atomic E-state index is -0.644. The Balaban J connectivity index is 2.11. The minimum Gasteiger partial charge on any atom is -0.369 e. The molecular weight excluding hydrogens is 153 g/mol. The lowest BCUT2D eigenvalue weighted by Crippen LogP contribution is -2.19. The van der Waals surface area contributed by atoms with Gasteiger partial charge in [-0.3, -0.25) is 0 Å². The van der Waals surface area contributed by atoms with Gasteiger partial charge < -0.3 is 4.90 Å². The van der Waals surface area contributed by atoms with E-state index in [9.17, 15) is 4.39 Å². The van der Waals surface area contributed by atoms with Crippen LogP contribution in [-0.4, -0.2) is 19.3 Å². The van der Waals surface area contributed by atoms with Gasteiger partial charge in [0.05, 0.1) is 0 Å². The monoisotopic (exact) mass is 164 g/mol. The van der Waals surface area contributed by atoms with E-state index >= 15 is 0 Å². The third-order valence-corrected chi connectivity index (χ3v) is 2.20. The van der Waals surface area contributed by atoms with E-state index in [1.165, 1.54) is 0 Å². The zero-order valence-electron chi connectivity index (χ0n) is 6.83. The number of hydrogen-bond donors (Lipinski definition) is 0. The van der Waals surface area contributed by atoms with E-state index in [0.717, 1.165) is 12.2 Å². The first kappa shape index (κ1) is 7.59. The summed E-state index contributed by atoms with van der Waals surface area (Å²) in [5.41, 5.74) is 1.11. The van der Waals surface area contributed by atoms with Crippen molar-refractivity contribution >= 4 is 5.69 Å². The topological polar surface area (TPSA) is 3.24 Å². The Morgan fingerprint density at radius 2 is 2.17 bits per heavy atom. The molecule has 1 radical (unpaired) electrons. The summed E-state index contributed by atoms with van der Waals surface area (Å²) in [6, 6.07) is 10.6. The number of nitrogens with zero attached hydrogens (tertiary/aromatic N) is 1. The highest BCUT2D eigenvalue weighted by molar-refractivity contribution is 5.46. The number of halogens is 1. The summed E-state index contributed by atoms with van der Waals surface area (Å²) in [7, 11) is 0. The second-order valence-corrected chi connectivity index (χ2v) is 3.09. The highest BCUT2D eigenvalue weighted by Gasteiger charge is 2.21. The Morgan fingerprint density at radius 3 is 2.75 bits per heavy atom. The van der Waals surface area contributed by atoms with Gasteiger partial charge in [0.25, 0.3) is 0 Å². The van der Waals surface area contributed by atoms with Crippen molar-refractivity contribution in [2.45, 2.75) is 12.6 Å². The Hall–Kier alpha value is -1.05. The lowest BCUT2D eigenvalue weighted by Gasteiger charge is -2.16. The van der Waals surface area contributed by atoms with Crippen LogP contribution in [0.25, 0.3) is 0 Å². The lowest BCUT2D eigenvalue weighted by atomic mass is 10.3. The highest BCUT2D eigenvalue weighted by Crippen LogP contribution is 2.20. The van der Waals surface area contributed by atoms with Crippen LogP contribution < -0.4 is 4.90 Å². The summed E-state index contributed by atoms with van der Waals surface area (Å²) >= 11 is 0. The molecule has 0 spiro atoms. The SMILES string of the molecule is F[C@H]1CCN(c2cc[c]cc2)C1. The molecule has 1 saturated heterocycles. The van der Waals surface area contributed by atoms with Gasteiger partial charge in [0.1, 0.15) is 6.17 Å². The van der Waals surface area contributed by atoms with Crippen molar-refractivity contribution in [1.29, 1.82) is 0 Å². The molecule has 0 amide bonds. The molecule has 12 heavy (non-hydrogen) atoms. The summed E-state index contributed by atoms with van der Waals surface area (Å²) < 4.78 is 12.8. The average Bonchev–Trinajstić information content (AvgIpc) is 2.54. The molecule has 0 saturated carbocycles. The fourth-order valence-electron chi connectivity index (χ4n) is 1.54. The molecule has 2 rings (SSSR count). The molecule has 0 aromatic heterocycles. The van der Waals surface area contributed by atoms with Crippen molar-refractivity contribution < 1.29 is 4.39 Å². The molecular formula is C10H11FN. The third-order valence-electron chi connectivity index (χ3n) is 2.20. The van der Waals surface area contributed by atoms with Gasteiger partial charge in [0, 0.05) is 18.8 Å². The zero-order valence-corrected chi connectivity index (χ0v) is 6.83. The van der Waals surface area contributed by atoms with Crippen LogP contribution >= 0.6 is 0 Å². The molecule has 1 aromatic rings. The quantitative estimate of drug-likeness (QED) is 0.614. The van der Waals surface area contributed by atoms with Crippen LogP contribution in [0.4, 0.5) is 10.1 Å². The van der Waals surface area contributed by atoms with Crippen LogP contribution in [0.15, 0.2) is 24.3 Å². The van der Waals surface area contributed by atoms with E-state index in [1.54, 1.807) is 0 Å². The molecule has 0 bridgehead atoms. The Labute approximate surface area is 71.8 Å². The Bertz CT molecular complexity index is 247. The highest BCUT2D eigenvalue weighted by atomic mass is 19.1. The number of rotatable bonds is 1. The van der Waals surface area contributed by atoms with Crippen molar-refractivity contribution in [3.05, 3.63) is 30.3 Å². The van der Waals surface area contributed by atoms with Crippen LogP contribution in [0.5, 0.6) is 0 Å². The number of anilines is 1. The molecule has 0 unspecified atom stereocenters. The third kappa shape index (κ3) is 1.42. The van der Waals surface area contributed by atoms with Gasteiger partial charge in [-0.05, 0) is 24.6 Å². The fraction of sp³-hybridized carbons (Fsp3) is 0.400. The van der Waals surface area contributed by atoms with Crippen molar-refractivity contribution in [2.75, 3.05) is 18.0 Å². The number of alkyl halides is 1. The van der Waals surface area contributed by atoms with Gasteiger partial charge in [-0.15, -0.1) is 0 Å². The van der Waals surface area contributed by atoms with E-state index < -0.39 is 6.17 Å². The summed E-state index contributed by atoms with van der Waals surface area (Å²) in [6.45, 7) is 1.38. The smallest absolute Gasteiger partial charge is 0.119 e. The van der Waals surface area contributed by atoms with Crippen molar-refractivity contribution in [3.63, 3.8) is 0 Å². The molecule has 1 aliphatic rings. The first-order valence-electron chi connectivity index (χ1n) is 4.21. The number of benzene rings is 1. The van der Waals surface area contributed by atoms with Crippen LogP contribution in [0.1, 0.15) is 6.42 Å². The zero-order chi connectivity index (χ0) is 8.39. The van der Waals surface area contributed by atoms with Crippen molar-refractivity contribution in [3.8, 4) is 0 Å². The summed E-state index contributed by atoms with van der Waals surface area (Å²) in [5.74, 6) is 0. The predicted octanol–water partition coefficient (Wildman–Crippen LogP) is 2.03. The van der Waals surface area contributed by atoms with E-state index in [4.69, 9.17) is 0 Å². The maximum absolute atomic E-state index is 12.8. The van der Waals surface area contributed by atoms with Gasteiger partial charge in [-0.2, -0.15) is 0 Å². The molecule has 63 valence electrons. The van der Waals surface area contributed by atoms with Crippen LogP contribution in [-0.2, 0) is 0 Å². The summed E-state index contributed by atoms with van der Waals surface area (Å²) in [4.78, 5) is 2.07. The van der Waals surface area contributed by atoms with Crippen molar-refractivity contribution in [1.82, 2.24) is 0 Å². The molecule has 1 atom stereocenters. The molecule has 1 nitrogen and oxygen atoms in total. The maximum Gasteiger partial charge on any atom is 0.119 e. The first-order valence-corrected chi connectivity index (χ1v) is 4.21. The Kier molecular flexibility index (Phi) is 1.98. The van der Waals surface area contributed by atoms with Crippen LogP contribution in [0, 0.1) is 6.07 Å². The molecule has 0 N–H and O–H groups in total. The molecule has 1 fully saturated rings. The predicted molar refractivity (Wildman–Crippen MR) is 47.0 cm³/mol. The Morgan fingerprint density at radius 1 is 1.42 bits per heavy atom. The standard InChI is InChI=1S/C10H11FN/c11-9-6-7-12(8-9)10-4-2-1-3-5-10/h2-5,9H,6-8H2/t9-/m0/s1.